The Balaban J connectivity index is 1.41. The number of rotatable bonds is 6. The summed E-state index contributed by atoms with van der Waals surface area (Å²) in [5.41, 5.74) is 4.72. The number of aryl methyl sites for hydroxylation is 1. The van der Waals surface area contributed by atoms with Crippen molar-refractivity contribution in [1.82, 2.24) is 9.97 Å². The molecule has 30 heavy (non-hydrogen) atoms. The molecule has 1 aliphatic rings. The van der Waals surface area contributed by atoms with Gasteiger partial charge in [0.1, 0.15) is 0 Å². The van der Waals surface area contributed by atoms with Gasteiger partial charge in [-0.05, 0) is 42.7 Å². The smallest absolute Gasteiger partial charge is 0.238 e. The van der Waals surface area contributed by atoms with E-state index >= 15 is 0 Å². The lowest BCUT2D eigenvalue weighted by molar-refractivity contribution is -0.116. The van der Waals surface area contributed by atoms with Gasteiger partial charge in [0, 0.05) is 24.3 Å². The van der Waals surface area contributed by atoms with Crippen molar-refractivity contribution in [3.8, 4) is 0 Å². The summed E-state index contributed by atoms with van der Waals surface area (Å²) < 4.78 is 23.1. The number of sulfonamides is 1. The maximum absolute atomic E-state index is 12.8. The lowest BCUT2D eigenvalue weighted by Gasteiger charge is -2.17. The van der Waals surface area contributed by atoms with Crippen molar-refractivity contribution in [2.45, 2.75) is 29.8 Å². The highest BCUT2D eigenvalue weighted by atomic mass is 32.2. The number of hydrogen-bond donors (Lipinski definition) is 2. The number of carbonyl (C=O) groups is 1. The lowest BCUT2D eigenvalue weighted by Crippen LogP contribution is -2.30. The van der Waals surface area contributed by atoms with Crippen LogP contribution in [0.25, 0.3) is 0 Å². The van der Waals surface area contributed by atoms with E-state index in [2.05, 4.69) is 22.1 Å². The summed E-state index contributed by atoms with van der Waals surface area (Å²) in [7, 11) is -3.75. The first-order valence-electron chi connectivity index (χ1n) is 9.49. The summed E-state index contributed by atoms with van der Waals surface area (Å²) >= 11 is 1.37. The molecule has 3 N–H and O–H groups in total. The zero-order valence-corrected chi connectivity index (χ0v) is 18.1. The highest BCUT2D eigenvalue weighted by Gasteiger charge is 2.26. The quantitative estimate of drug-likeness (QED) is 0.571. The predicted molar refractivity (Wildman–Crippen MR) is 117 cm³/mol. The molecule has 0 atom stereocenters. The number of imidazole rings is 1. The second-order valence-electron chi connectivity index (χ2n) is 7.20. The lowest BCUT2D eigenvalue weighted by atomic mass is 10.1. The van der Waals surface area contributed by atoms with E-state index in [1.165, 1.54) is 23.4 Å². The Hall–Kier alpha value is -2.62. The fraction of sp³-hybridized carbons (Fsp3) is 0.238. The van der Waals surface area contributed by atoms with Crippen molar-refractivity contribution in [1.29, 1.82) is 0 Å². The van der Waals surface area contributed by atoms with Gasteiger partial charge in [-0.25, -0.2) is 18.5 Å². The van der Waals surface area contributed by atoms with E-state index in [9.17, 15) is 13.2 Å². The second-order valence-corrected chi connectivity index (χ2v) is 9.72. The molecule has 0 unspecified atom stereocenters. The van der Waals surface area contributed by atoms with Crippen molar-refractivity contribution in [2.75, 3.05) is 17.2 Å². The van der Waals surface area contributed by atoms with Gasteiger partial charge >= 0.3 is 0 Å². The van der Waals surface area contributed by atoms with Gasteiger partial charge in [-0.2, -0.15) is 0 Å². The minimum Gasteiger partial charge on any atom is -0.337 e. The molecular weight excluding hydrogens is 420 g/mol. The van der Waals surface area contributed by atoms with Gasteiger partial charge < -0.3 is 9.88 Å². The molecule has 0 saturated carbocycles. The number of anilines is 1. The van der Waals surface area contributed by atoms with Crippen LogP contribution in [0.2, 0.25) is 0 Å². The Labute approximate surface area is 179 Å². The Bertz CT molecular complexity index is 1190. The first kappa shape index (κ1) is 20.6. The molecule has 1 aromatic heterocycles. The number of aromatic nitrogens is 2. The molecule has 1 amide bonds. The van der Waals surface area contributed by atoms with E-state index in [-0.39, 0.29) is 16.6 Å². The number of benzene rings is 2. The number of carbonyl (C=O) groups excluding carboxylic acids is 1. The van der Waals surface area contributed by atoms with E-state index in [1.54, 1.807) is 17.0 Å². The molecule has 0 spiro atoms. The van der Waals surface area contributed by atoms with Gasteiger partial charge in [0.05, 0.1) is 16.3 Å². The van der Waals surface area contributed by atoms with Crippen LogP contribution in [-0.4, -0.2) is 36.6 Å². The summed E-state index contributed by atoms with van der Waals surface area (Å²) in [6.45, 7) is 2.51. The Morgan fingerprint density at radius 3 is 2.73 bits per heavy atom. The normalized spacial score (nSPS) is 13.5. The Morgan fingerprint density at radius 2 is 2.00 bits per heavy atom. The molecule has 7 nitrogen and oxygen atoms in total. The Kier molecular flexibility index (Phi) is 5.68. The topological polar surface area (TPSA) is 109 Å². The molecule has 0 bridgehead atoms. The van der Waals surface area contributed by atoms with Crippen LogP contribution in [0.15, 0.2) is 58.6 Å². The number of fused-ring (bicyclic) bond motifs is 1. The maximum atomic E-state index is 12.8. The molecule has 2 aromatic carbocycles. The average Bonchev–Trinajstić information content (AvgIpc) is 3.29. The van der Waals surface area contributed by atoms with Crippen LogP contribution < -0.4 is 10.0 Å². The van der Waals surface area contributed by atoms with Crippen LogP contribution in [0.5, 0.6) is 0 Å². The van der Waals surface area contributed by atoms with Gasteiger partial charge in [0.15, 0.2) is 5.16 Å². The third-order valence-electron chi connectivity index (χ3n) is 5.09. The highest BCUT2D eigenvalue weighted by molar-refractivity contribution is 7.99. The van der Waals surface area contributed by atoms with Crippen molar-refractivity contribution >= 4 is 33.4 Å². The van der Waals surface area contributed by atoms with Crippen molar-refractivity contribution in [2.24, 2.45) is 5.14 Å². The summed E-state index contributed by atoms with van der Waals surface area (Å²) in [5, 5.41) is 5.92. The number of nitrogens with two attached hydrogens (primary N) is 1. The van der Waals surface area contributed by atoms with E-state index < -0.39 is 10.0 Å². The molecule has 0 fully saturated rings. The van der Waals surface area contributed by atoms with Crippen molar-refractivity contribution in [3.05, 3.63) is 71.0 Å². The molecule has 9 heteroatoms. The van der Waals surface area contributed by atoms with E-state index in [0.29, 0.717) is 13.0 Å². The molecule has 0 radical (unpaired) electrons. The third-order valence-corrected chi connectivity index (χ3v) is 6.86. The van der Waals surface area contributed by atoms with Crippen LogP contribution in [0.4, 0.5) is 5.69 Å². The minimum atomic E-state index is -3.75. The standard InChI is InChI=1S/C21H22N4O3S2/c1-14-18(11-15-5-3-2-4-6-15)24-21(23-14)29-13-20(26)25-10-9-16-12-17(30(22,27)28)7-8-19(16)25/h2-8,12H,9-11,13H2,1H3,(H,23,24)(H2,22,27,28). The molecule has 3 aromatic rings. The SMILES string of the molecule is Cc1[nH]c(SCC(=O)N2CCc3cc(S(N)(=O)=O)ccc32)nc1Cc1ccccc1. The van der Waals surface area contributed by atoms with E-state index in [0.717, 1.165) is 34.2 Å². The molecule has 156 valence electrons. The summed E-state index contributed by atoms with van der Waals surface area (Å²) in [6, 6.07) is 14.8. The summed E-state index contributed by atoms with van der Waals surface area (Å²) in [4.78, 5) is 22.4. The van der Waals surface area contributed by atoms with Gasteiger partial charge in [-0.15, -0.1) is 0 Å². The predicted octanol–water partition coefficient (Wildman–Crippen LogP) is 2.64. The average molecular weight is 443 g/mol. The highest BCUT2D eigenvalue weighted by Crippen LogP contribution is 2.31. The fourth-order valence-corrected chi connectivity index (χ4v) is 4.90. The first-order valence-corrected chi connectivity index (χ1v) is 12.0. The largest absolute Gasteiger partial charge is 0.337 e. The van der Waals surface area contributed by atoms with Gasteiger partial charge in [-0.1, -0.05) is 42.1 Å². The van der Waals surface area contributed by atoms with Gasteiger partial charge in [-0.3, -0.25) is 4.79 Å². The maximum Gasteiger partial charge on any atom is 0.238 e. The molecule has 1 aliphatic heterocycles. The number of thioether (sulfide) groups is 1. The van der Waals surface area contributed by atoms with Crippen molar-refractivity contribution < 1.29 is 13.2 Å². The number of aromatic amines is 1. The number of nitrogens with one attached hydrogen (secondary N) is 1. The monoisotopic (exact) mass is 442 g/mol. The summed E-state index contributed by atoms with van der Waals surface area (Å²) in [5.74, 6) is 0.203. The number of hydrogen-bond acceptors (Lipinski definition) is 5. The van der Waals surface area contributed by atoms with Crippen LogP contribution in [0.1, 0.15) is 22.5 Å². The Morgan fingerprint density at radius 1 is 1.23 bits per heavy atom. The first-order chi connectivity index (χ1) is 14.3. The zero-order chi connectivity index (χ0) is 21.3. The minimum absolute atomic E-state index is 0.0410. The van der Waals surface area contributed by atoms with Crippen LogP contribution >= 0.6 is 11.8 Å². The van der Waals surface area contributed by atoms with Gasteiger partial charge in [0.2, 0.25) is 15.9 Å². The van der Waals surface area contributed by atoms with Crippen LogP contribution in [0.3, 0.4) is 0 Å². The second kappa shape index (κ2) is 8.25. The number of amides is 1. The van der Waals surface area contributed by atoms with E-state index in [1.807, 2.05) is 25.1 Å². The van der Waals surface area contributed by atoms with Crippen LogP contribution in [0, 0.1) is 6.92 Å². The molecular formula is C21H22N4O3S2. The molecule has 2 heterocycles. The molecule has 0 aliphatic carbocycles. The number of primary sulfonamides is 1. The van der Waals surface area contributed by atoms with Gasteiger partial charge in [0.25, 0.3) is 0 Å². The van der Waals surface area contributed by atoms with E-state index in [4.69, 9.17) is 5.14 Å². The molecule has 4 rings (SSSR count). The number of H-pyrrole nitrogens is 1. The zero-order valence-electron chi connectivity index (χ0n) is 16.5. The third kappa shape index (κ3) is 4.43. The summed E-state index contributed by atoms with van der Waals surface area (Å²) in [6.07, 6.45) is 1.35. The number of nitrogens with zero attached hydrogens (tertiary/aromatic N) is 2. The van der Waals surface area contributed by atoms with Crippen molar-refractivity contribution in [3.63, 3.8) is 0 Å². The van der Waals surface area contributed by atoms with Crippen LogP contribution in [-0.2, 0) is 27.7 Å². The fourth-order valence-electron chi connectivity index (χ4n) is 3.52. The molecule has 0 saturated heterocycles.